The molecule has 0 saturated carbocycles. The molecule has 96 valence electrons. The average Bonchev–Trinajstić information content (AvgIpc) is 2.25. The lowest BCUT2D eigenvalue weighted by Gasteiger charge is -2.20. The molecule has 1 rings (SSSR count). The first-order valence-corrected chi connectivity index (χ1v) is 6.95. The Morgan fingerprint density at radius 1 is 1.47 bits per heavy atom. The monoisotopic (exact) mass is 279 g/mol. The number of primary sulfonamides is 1. The maximum Gasteiger partial charge on any atom is 0.214 e. The molecule has 0 amide bonds. The Hall–Kier alpha value is -0.760. The summed E-state index contributed by atoms with van der Waals surface area (Å²) in [6.45, 7) is 3.53. The lowest BCUT2D eigenvalue weighted by Crippen LogP contribution is -2.33. The number of aromatic nitrogens is 2. The first-order chi connectivity index (χ1) is 7.86. The highest BCUT2D eigenvalue weighted by Crippen LogP contribution is 2.22. The molecule has 17 heavy (non-hydrogen) atoms. The topological polar surface area (TPSA) is 95.2 Å². The highest BCUT2D eigenvalue weighted by molar-refractivity contribution is 7.89. The second-order valence-corrected chi connectivity index (χ2v) is 5.79. The molecule has 0 aliphatic rings. The van der Waals surface area contributed by atoms with Crippen molar-refractivity contribution in [2.75, 3.05) is 6.61 Å². The number of sulfonamides is 1. The van der Waals surface area contributed by atoms with Gasteiger partial charge in [0, 0.05) is 19.0 Å². The number of rotatable bonds is 5. The van der Waals surface area contributed by atoms with Gasteiger partial charge in [0.2, 0.25) is 10.0 Å². The minimum Gasteiger partial charge on any atom is -0.369 e. The molecule has 2 atom stereocenters. The minimum atomic E-state index is -3.72. The van der Waals surface area contributed by atoms with Crippen LogP contribution >= 0.6 is 11.6 Å². The quantitative estimate of drug-likeness (QED) is 0.863. The number of nitrogens with zero attached hydrogens (tertiary/aromatic N) is 2. The van der Waals surface area contributed by atoms with Crippen LogP contribution in [0.15, 0.2) is 12.4 Å². The van der Waals surface area contributed by atoms with E-state index in [0.717, 1.165) is 0 Å². The minimum absolute atomic E-state index is 0.248. The molecular weight excluding hydrogens is 266 g/mol. The van der Waals surface area contributed by atoms with Crippen molar-refractivity contribution in [3.05, 3.63) is 23.2 Å². The van der Waals surface area contributed by atoms with Crippen LogP contribution < -0.4 is 5.14 Å². The van der Waals surface area contributed by atoms with E-state index in [4.69, 9.17) is 21.5 Å². The van der Waals surface area contributed by atoms with E-state index in [2.05, 4.69) is 9.97 Å². The molecule has 0 unspecified atom stereocenters. The summed E-state index contributed by atoms with van der Waals surface area (Å²) in [6.07, 6.45) is 1.96. The smallest absolute Gasteiger partial charge is 0.214 e. The lowest BCUT2D eigenvalue weighted by atomic mass is 10.2. The molecule has 1 aromatic heterocycles. The Kier molecular flexibility index (Phi) is 4.81. The fraction of sp³-hybridized carbons (Fsp3) is 0.556. The Balaban J connectivity index is 3.05. The van der Waals surface area contributed by atoms with Gasteiger partial charge in [-0.2, -0.15) is 0 Å². The molecule has 0 bridgehead atoms. The highest BCUT2D eigenvalue weighted by Gasteiger charge is 2.30. The molecule has 1 heterocycles. The molecule has 0 spiro atoms. The fourth-order valence-corrected chi connectivity index (χ4v) is 1.88. The van der Waals surface area contributed by atoms with Crippen LogP contribution in [0.25, 0.3) is 0 Å². The molecule has 2 N–H and O–H groups in total. The van der Waals surface area contributed by atoms with Crippen LogP contribution in [-0.2, 0) is 14.8 Å². The van der Waals surface area contributed by atoms with Crippen molar-refractivity contribution in [2.45, 2.75) is 25.2 Å². The summed E-state index contributed by atoms with van der Waals surface area (Å²) in [4.78, 5) is 7.89. The van der Waals surface area contributed by atoms with E-state index in [1.165, 1.54) is 19.3 Å². The van der Waals surface area contributed by atoms with E-state index < -0.39 is 21.4 Å². The van der Waals surface area contributed by atoms with E-state index >= 15 is 0 Å². The van der Waals surface area contributed by atoms with Crippen molar-refractivity contribution in [1.82, 2.24) is 9.97 Å². The number of halogens is 1. The van der Waals surface area contributed by atoms with E-state index in [1.807, 2.05) is 0 Å². The van der Waals surface area contributed by atoms with E-state index in [0.29, 0.717) is 11.6 Å². The van der Waals surface area contributed by atoms with Crippen LogP contribution in [0.5, 0.6) is 0 Å². The van der Waals surface area contributed by atoms with E-state index in [-0.39, 0.29) is 5.82 Å². The van der Waals surface area contributed by atoms with E-state index in [9.17, 15) is 8.42 Å². The summed E-state index contributed by atoms with van der Waals surface area (Å²) in [7, 11) is -3.72. The number of ether oxygens (including phenoxy) is 1. The van der Waals surface area contributed by atoms with Gasteiger partial charge in [-0.3, -0.25) is 0 Å². The maximum atomic E-state index is 11.3. The van der Waals surface area contributed by atoms with Crippen molar-refractivity contribution in [3.63, 3.8) is 0 Å². The van der Waals surface area contributed by atoms with Gasteiger partial charge in [-0.1, -0.05) is 11.6 Å². The summed E-state index contributed by atoms with van der Waals surface area (Å²) in [5.41, 5.74) is 0. The Bertz CT molecular complexity index is 463. The van der Waals surface area contributed by atoms with Crippen LogP contribution in [0.2, 0.25) is 5.02 Å². The zero-order chi connectivity index (χ0) is 13.1. The summed E-state index contributed by atoms with van der Waals surface area (Å²) >= 11 is 5.65. The predicted molar refractivity (Wildman–Crippen MR) is 64.0 cm³/mol. The van der Waals surface area contributed by atoms with Gasteiger partial charge in [-0.25, -0.2) is 23.5 Å². The lowest BCUT2D eigenvalue weighted by molar-refractivity contribution is 0.0557. The van der Waals surface area contributed by atoms with Gasteiger partial charge < -0.3 is 4.74 Å². The van der Waals surface area contributed by atoms with Crippen LogP contribution in [-0.4, -0.2) is 30.2 Å². The van der Waals surface area contributed by atoms with Crippen LogP contribution in [0.3, 0.4) is 0 Å². The van der Waals surface area contributed by atoms with Crippen molar-refractivity contribution < 1.29 is 13.2 Å². The summed E-state index contributed by atoms with van der Waals surface area (Å²) in [5.74, 6) is 0.248. The first kappa shape index (κ1) is 14.3. The van der Waals surface area contributed by atoms with Crippen LogP contribution in [0.1, 0.15) is 25.8 Å². The second-order valence-electron chi connectivity index (χ2n) is 3.43. The predicted octanol–water partition coefficient (Wildman–Crippen LogP) is 0.885. The van der Waals surface area contributed by atoms with Crippen molar-refractivity contribution >= 4 is 21.6 Å². The SMILES string of the molecule is CCO[C@@H](c1ncc(Cl)cn1)[C@@H](C)S(N)(=O)=O. The molecule has 0 radical (unpaired) electrons. The van der Waals surface area contributed by atoms with Crippen molar-refractivity contribution in [1.29, 1.82) is 0 Å². The Morgan fingerprint density at radius 3 is 2.41 bits per heavy atom. The van der Waals surface area contributed by atoms with Crippen LogP contribution in [0.4, 0.5) is 0 Å². The summed E-state index contributed by atoms with van der Waals surface area (Å²) < 4.78 is 27.9. The van der Waals surface area contributed by atoms with E-state index in [1.54, 1.807) is 6.92 Å². The molecule has 0 saturated heterocycles. The third-order valence-corrected chi connectivity index (χ3v) is 3.66. The van der Waals surface area contributed by atoms with Crippen molar-refractivity contribution in [2.24, 2.45) is 5.14 Å². The molecule has 0 fully saturated rings. The second kappa shape index (κ2) is 5.72. The summed E-state index contributed by atoms with van der Waals surface area (Å²) in [6, 6.07) is 0. The molecule has 6 nitrogen and oxygen atoms in total. The summed E-state index contributed by atoms with van der Waals surface area (Å²) in [5, 5.41) is 4.53. The third-order valence-electron chi connectivity index (χ3n) is 2.19. The zero-order valence-electron chi connectivity index (χ0n) is 9.50. The molecular formula is C9H14ClN3O3S. The normalized spacial score (nSPS) is 15.5. The van der Waals surface area contributed by atoms with Crippen LogP contribution in [0, 0.1) is 0 Å². The van der Waals surface area contributed by atoms with Gasteiger partial charge in [0.15, 0.2) is 5.82 Å². The van der Waals surface area contributed by atoms with Crippen molar-refractivity contribution in [3.8, 4) is 0 Å². The maximum absolute atomic E-state index is 11.3. The third kappa shape index (κ3) is 3.88. The number of nitrogens with two attached hydrogens (primary N) is 1. The van der Waals surface area contributed by atoms with Gasteiger partial charge in [-0.15, -0.1) is 0 Å². The molecule has 1 aromatic rings. The van der Waals surface area contributed by atoms with Gasteiger partial charge >= 0.3 is 0 Å². The number of hydrogen-bond donors (Lipinski definition) is 1. The molecule has 0 aromatic carbocycles. The molecule has 0 aliphatic heterocycles. The van der Waals surface area contributed by atoms with Gasteiger partial charge in [0.25, 0.3) is 0 Å². The zero-order valence-corrected chi connectivity index (χ0v) is 11.1. The molecule has 0 aliphatic carbocycles. The Morgan fingerprint density at radius 2 is 2.00 bits per heavy atom. The largest absolute Gasteiger partial charge is 0.369 e. The number of hydrogen-bond acceptors (Lipinski definition) is 5. The highest BCUT2D eigenvalue weighted by atomic mass is 35.5. The Labute approximate surface area is 105 Å². The van der Waals surface area contributed by atoms with Gasteiger partial charge in [0.05, 0.1) is 5.02 Å². The average molecular weight is 280 g/mol. The molecule has 8 heteroatoms. The van der Waals surface area contributed by atoms with Gasteiger partial charge in [0.1, 0.15) is 11.4 Å². The fourth-order valence-electron chi connectivity index (χ4n) is 1.24. The van der Waals surface area contributed by atoms with Gasteiger partial charge in [-0.05, 0) is 13.8 Å². The first-order valence-electron chi connectivity index (χ1n) is 4.97. The standard InChI is InChI=1S/C9H14ClN3O3S/c1-3-16-8(6(2)17(11,14)15)9-12-4-7(10)5-13-9/h4-6,8H,3H2,1-2H3,(H2,11,14,15)/t6-,8-/m1/s1.